The second kappa shape index (κ2) is 5.52. The first-order valence-electron chi connectivity index (χ1n) is 3.98. The van der Waals surface area contributed by atoms with Crippen LogP contribution in [-0.2, 0) is 9.78 Å². The fraction of sp³-hybridized carbons (Fsp3) is 1.00. The monoisotopic (exact) mass is 162 g/mol. The molecule has 1 N–H and O–H groups in total. The molecule has 68 valence electrons. The molecule has 0 saturated carbocycles. The van der Waals surface area contributed by atoms with Crippen molar-refractivity contribution in [2.45, 2.75) is 39.2 Å². The summed E-state index contributed by atoms with van der Waals surface area (Å²) in [6.45, 7) is 6.56. The zero-order valence-corrected chi connectivity index (χ0v) is 7.59. The van der Waals surface area contributed by atoms with E-state index in [-0.39, 0.29) is 12.2 Å². The Morgan fingerprint density at radius 1 is 1.18 bits per heavy atom. The second-order valence-electron chi connectivity index (χ2n) is 3.45. The van der Waals surface area contributed by atoms with Crippen LogP contribution in [-0.4, -0.2) is 23.9 Å². The largest absolute Gasteiger partial charge is 0.396 e. The Bertz CT molecular complexity index is 85.8. The summed E-state index contributed by atoms with van der Waals surface area (Å²) in [5.41, 5.74) is -0.237. The van der Waals surface area contributed by atoms with Crippen LogP contribution in [0.3, 0.4) is 0 Å². The van der Waals surface area contributed by atoms with Gasteiger partial charge in [0.05, 0.1) is 12.2 Å². The molecule has 0 unspecified atom stereocenters. The van der Waals surface area contributed by atoms with Gasteiger partial charge >= 0.3 is 0 Å². The number of aliphatic hydroxyl groups is 1. The first kappa shape index (κ1) is 10.9. The van der Waals surface area contributed by atoms with Crippen LogP contribution in [0.2, 0.25) is 0 Å². The molecule has 3 nitrogen and oxygen atoms in total. The van der Waals surface area contributed by atoms with E-state index < -0.39 is 0 Å². The molecule has 0 amide bonds. The SMILES string of the molecule is CC(C)(C)OOCCCCO. The molecule has 0 atom stereocenters. The highest BCUT2D eigenvalue weighted by atomic mass is 17.2. The van der Waals surface area contributed by atoms with Crippen LogP contribution in [0.1, 0.15) is 33.6 Å². The van der Waals surface area contributed by atoms with Crippen LogP contribution in [0.25, 0.3) is 0 Å². The normalized spacial score (nSPS) is 12.0. The summed E-state index contributed by atoms with van der Waals surface area (Å²) in [6, 6.07) is 0. The Kier molecular flexibility index (Phi) is 5.46. The lowest BCUT2D eigenvalue weighted by Gasteiger charge is -2.17. The second-order valence-corrected chi connectivity index (χ2v) is 3.45. The minimum absolute atomic E-state index is 0.221. The van der Waals surface area contributed by atoms with Crippen LogP contribution >= 0.6 is 0 Å². The van der Waals surface area contributed by atoms with Crippen molar-refractivity contribution in [2.75, 3.05) is 13.2 Å². The number of hydrogen-bond acceptors (Lipinski definition) is 3. The first-order chi connectivity index (χ1) is 5.06. The fourth-order valence-corrected chi connectivity index (χ4v) is 0.491. The number of unbranched alkanes of at least 4 members (excludes halogenated alkanes) is 1. The average molecular weight is 162 g/mol. The summed E-state index contributed by atoms with van der Waals surface area (Å²) in [7, 11) is 0. The molecular weight excluding hydrogens is 144 g/mol. The van der Waals surface area contributed by atoms with Gasteiger partial charge in [-0.05, 0) is 33.6 Å². The third-order valence-corrected chi connectivity index (χ3v) is 0.945. The molecule has 0 bridgehead atoms. The molecule has 11 heavy (non-hydrogen) atoms. The maximum absolute atomic E-state index is 8.43. The molecule has 0 rings (SSSR count). The van der Waals surface area contributed by atoms with Crippen molar-refractivity contribution in [3.05, 3.63) is 0 Å². The molecular formula is C8H18O3. The van der Waals surface area contributed by atoms with Gasteiger partial charge in [0.1, 0.15) is 0 Å². The Morgan fingerprint density at radius 3 is 2.27 bits per heavy atom. The third-order valence-electron chi connectivity index (χ3n) is 0.945. The summed E-state index contributed by atoms with van der Waals surface area (Å²) in [5.74, 6) is 0. The minimum atomic E-state index is -0.237. The maximum Gasteiger partial charge on any atom is 0.0952 e. The van der Waals surface area contributed by atoms with E-state index in [1.807, 2.05) is 20.8 Å². The molecule has 0 heterocycles. The zero-order valence-electron chi connectivity index (χ0n) is 7.59. The minimum Gasteiger partial charge on any atom is -0.396 e. The Balaban J connectivity index is 3.02. The van der Waals surface area contributed by atoms with Gasteiger partial charge in [0.15, 0.2) is 0 Å². The van der Waals surface area contributed by atoms with E-state index in [0.717, 1.165) is 12.8 Å². The van der Waals surface area contributed by atoms with E-state index in [0.29, 0.717) is 6.61 Å². The number of aliphatic hydroxyl groups excluding tert-OH is 1. The van der Waals surface area contributed by atoms with E-state index in [2.05, 4.69) is 0 Å². The topological polar surface area (TPSA) is 38.7 Å². The predicted octanol–water partition coefficient (Wildman–Crippen LogP) is 1.51. The van der Waals surface area contributed by atoms with Crippen molar-refractivity contribution in [3.8, 4) is 0 Å². The number of hydrogen-bond donors (Lipinski definition) is 1. The van der Waals surface area contributed by atoms with Gasteiger partial charge < -0.3 is 5.11 Å². The van der Waals surface area contributed by atoms with Crippen molar-refractivity contribution >= 4 is 0 Å². The molecule has 0 fully saturated rings. The van der Waals surface area contributed by atoms with Gasteiger partial charge in [0, 0.05) is 6.61 Å². The first-order valence-corrected chi connectivity index (χ1v) is 3.98. The molecule has 0 aliphatic rings. The Labute approximate surface area is 68.2 Å². The van der Waals surface area contributed by atoms with Gasteiger partial charge in [0.25, 0.3) is 0 Å². The summed E-state index contributed by atoms with van der Waals surface area (Å²) in [4.78, 5) is 9.88. The molecule has 0 aliphatic heterocycles. The Hall–Kier alpha value is -0.120. The summed E-state index contributed by atoms with van der Waals surface area (Å²) >= 11 is 0. The molecule has 0 aromatic carbocycles. The fourth-order valence-electron chi connectivity index (χ4n) is 0.491. The zero-order chi connectivity index (χ0) is 8.74. The highest BCUT2D eigenvalue weighted by Gasteiger charge is 2.10. The quantitative estimate of drug-likeness (QED) is 0.378. The van der Waals surface area contributed by atoms with E-state index in [1.54, 1.807) is 0 Å². The molecule has 0 aromatic rings. The molecule has 0 aromatic heterocycles. The maximum atomic E-state index is 8.43. The smallest absolute Gasteiger partial charge is 0.0952 e. The van der Waals surface area contributed by atoms with Gasteiger partial charge in [-0.25, -0.2) is 9.78 Å². The van der Waals surface area contributed by atoms with E-state index in [1.165, 1.54) is 0 Å². The lowest BCUT2D eigenvalue weighted by Crippen LogP contribution is -2.19. The van der Waals surface area contributed by atoms with Gasteiger partial charge in [-0.2, -0.15) is 0 Å². The summed E-state index contributed by atoms with van der Waals surface area (Å²) in [5, 5.41) is 8.43. The highest BCUT2D eigenvalue weighted by Crippen LogP contribution is 2.07. The number of rotatable bonds is 5. The van der Waals surface area contributed by atoms with E-state index >= 15 is 0 Å². The summed E-state index contributed by atoms with van der Waals surface area (Å²) < 4.78 is 0. The van der Waals surface area contributed by atoms with Crippen LogP contribution in [0, 0.1) is 0 Å². The van der Waals surface area contributed by atoms with E-state index in [9.17, 15) is 0 Å². The molecule has 0 radical (unpaired) electrons. The van der Waals surface area contributed by atoms with Gasteiger partial charge in [-0.3, -0.25) is 0 Å². The van der Waals surface area contributed by atoms with Crippen LogP contribution in [0.4, 0.5) is 0 Å². The summed E-state index contributed by atoms with van der Waals surface area (Å²) in [6.07, 6.45) is 1.61. The predicted molar refractivity (Wildman–Crippen MR) is 43.1 cm³/mol. The van der Waals surface area contributed by atoms with Gasteiger partial charge in [-0.15, -0.1) is 0 Å². The van der Waals surface area contributed by atoms with Crippen molar-refractivity contribution in [3.63, 3.8) is 0 Å². The van der Waals surface area contributed by atoms with E-state index in [4.69, 9.17) is 14.9 Å². The Morgan fingerprint density at radius 2 is 1.82 bits per heavy atom. The highest BCUT2D eigenvalue weighted by molar-refractivity contribution is 4.54. The molecule has 0 spiro atoms. The van der Waals surface area contributed by atoms with Gasteiger partial charge in [0.2, 0.25) is 0 Å². The van der Waals surface area contributed by atoms with Gasteiger partial charge in [-0.1, -0.05) is 0 Å². The van der Waals surface area contributed by atoms with Crippen molar-refractivity contribution in [1.82, 2.24) is 0 Å². The van der Waals surface area contributed by atoms with Crippen molar-refractivity contribution in [1.29, 1.82) is 0 Å². The standard InChI is InChI=1S/C8H18O3/c1-8(2,3)11-10-7-5-4-6-9/h9H,4-7H2,1-3H3. The average Bonchev–Trinajstić information content (AvgIpc) is 1.85. The molecule has 0 saturated heterocycles. The lowest BCUT2D eigenvalue weighted by atomic mass is 10.2. The third kappa shape index (κ3) is 9.88. The molecule has 0 aliphatic carbocycles. The molecule has 3 heteroatoms. The lowest BCUT2D eigenvalue weighted by molar-refractivity contribution is -0.348. The van der Waals surface area contributed by atoms with Crippen LogP contribution in [0.15, 0.2) is 0 Å². The van der Waals surface area contributed by atoms with Crippen molar-refractivity contribution in [2.24, 2.45) is 0 Å². The van der Waals surface area contributed by atoms with Crippen LogP contribution in [0.5, 0.6) is 0 Å². The van der Waals surface area contributed by atoms with Crippen molar-refractivity contribution < 1.29 is 14.9 Å². The van der Waals surface area contributed by atoms with Crippen LogP contribution < -0.4 is 0 Å².